The standard InChI is InChI=1S/C24H23BN6O2/c25-19-20(15-8-10-24(27,11-9-15)23(32)33)30-22-17(13-29-31(22)21(19)26)16-6-7-18(28-12-16)14-4-2-1-3-5-14/h1-7,12-13,15H,8-11,26-27H2,(H,32,33). The van der Waals surface area contributed by atoms with E-state index in [1.54, 1.807) is 12.4 Å². The molecule has 9 heteroatoms. The highest BCUT2D eigenvalue weighted by atomic mass is 16.4. The van der Waals surface area contributed by atoms with Crippen LogP contribution >= 0.6 is 0 Å². The van der Waals surface area contributed by atoms with Crippen molar-refractivity contribution in [3.8, 4) is 22.4 Å². The van der Waals surface area contributed by atoms with E-state index in [2.05, 4.69) is 10.1 Å². The van der Waals surface area contributed by atoms with E-state index in [9.17, 15) is 9.90 Å². The molecular formula is C24H23BN6O2. The van der Waals surface area contributed by atoms with Gasteiger partial charge in [0.15, 0.2) is 5.65 Å². The zero-order valence-corrected chi connectivity index (χ0v) is 18.0. The van der Waals surface area contributed by atoms with Gasteiger partial charge in [0.1, 0.15) is 19.2 Å². The minimum atomic E-state index is -1.20. The summed E-state index contributed by atoms with van der Waals surface area (Å²) >= 11 is 0. The summed E-state index contributed by atoms with van der Waals surface area (Å²) in [6.07, 6.45) is 5.37. The molecular weight excluding hydrogens is 415 g/mol. The third-order valence-corrected chi connectivity index (χ3v) is 6.58. The van der Waals surface area contributed by atoms with Gasteiger partial charge in [-0.15, -0.1) is 0 Å². The van der Waals surface area contributed by atoms with Crippen LogP contribution in [-0.4, -0.2) is 44.0 Å². The number of aliphatic carboxylic acids is 1. The summed E-state index contributed by atoms with van der Waals surface area (Å²) in [6.45, 7) is 0. The van der Waals surface area contributed by atoms with Crippen molar-refractivity contribution in [2.75, 3.05) is 5.73 Å². The number of carboxylic acid groups (broad SMARTS) is 1. The first-order valence-electron chi connectivity index (χ1n) is 10.8. The van der Waals surface area contributed by atoms with Crippen molar-refractivity contribution in [3.05, 3.63) is 60.6 Å². The number of benzene rings is 1. The number of nitrogens with two attached hydrogens (primary N) is 2. The normalized spacial score (nSPS) is 20.7. The molecule has 0 amide bonds. The van der Waals surface area contributed by atoms with Crippen molar-refractivity contribution in [2.45, 2.75) is 37.1 Å². The van der Waals surface area contributed by atoms with Crippen LogP contribution in [0.2, 0.25) is 0 Å². The summed E-state index contributed by atoms with van der Waals surface area (Å²) in [5, 5.41) is 13.8. The largest absolute Gasteiger partial charge is 0.480 e. The van der Waals surface area contributed by atoms with Gasteiger partial charge in [-0.2, -0.15) is 9.61 Å². The van der Waals surface area contributed by atoms with Crippen molar-refractivity contribution in [2.24, 2.45) is 5.73 Å². The van der Waals surface area contributed by atoms with Crippen LogP contribution < -0.4 is 16.9 Å². The molecule has 0 saturated heterocycles. The molecule has 4 aromatic rings. The van der Waals surface area contributed by atoms with Crippen LogP contribution in [0.1, 0.15) is 37.3 Å². The third-order valence-electron chi connectivity index (χ3n) is 6.58. The van der Waals surface area contributed by atoms with Gasteiger partial charge in [0, 0.05) is 34.5 Å². The SMILES string of the molecule is [B]c1c(C2CCC(N)(C(=O)O)CC2)nc2c(-c3ccc(-c4ccccc4)nc3)cnn2c1N. The van der Waals surface area contributed by atoms with Crippen molar-refractivity contribution >= 4 is 30.7 Å². The number of aromatic nitrogens is 4. The summed E-state index contributed by atoms with van der Waals surface area (Å²) < 4.78 is 1.53. The minimum Gasteiger partial charge on any atom is -0.480 e. The smallest absolute Gasteiger partial charge is 0.323 e. The number of rotatable bonds is 4. The molecule has 0 bridgehead atoms. The molecule has 0 atom stereocenters. The van der Waals surface area contributed by atoms with E-state index in [0.29, 0.717) is 48.3 Å². The van der Waals surface area contributed by atoms with Crippen LogP contribution in [0.15, 0.2) is 54.9 Å². The average molecular weight is 438 g/mol. The summed E-state index contributed by atoms with van der Waals surface area (Å²) in [6, 6.07) is 13.9. The maximum absolute atomic E-state index is 11.5. The number of nitrogens with zero attached hydrogens (tertiary/aromatic N) is 4. The van der Waals surface area contributed by atoms with E-state index in [4.69, 9.17) is 24.3 Å². The van der Waals surface area contributed by atoms with Crippen molar-refractivity contribution in [1.82, 2.24) is 19.6 Å². The van der Waals surface area contributed by atoms with Gasteiger partial charge in [0.2, 0.25) is 0 Å². The Hall–Kier alpha value is -3.72. The number of carbonyl (C=O) groups is 1. The zero-order valence-electron chi connectivity index (χ0n) is 18.0. The summed E-state index contributed by atoms with van der Waals surface area (Å²) in [4.78, 5) is 20.9. The highest BCUT2D eigenvalue weighted by molar-refractivity contribution is 6.36. The second-order valence-corrected chi connectivity index (χ2v) is 8.62. The van der Waals surface area contributed by atoms with Crippen molar-refractivity contribution in [1.29, 1.82) is 0 Å². The van der Waals surface area contributed by atoms with Crippen LogP contribution in [0.5, 0.6) is 0 Å². The van der Waals surface area contributed by atoms with Crippen LogP contribution in [0.25, 0.3) is 28.0 Å². The van der Waals surface area contributed by atoms with Crippen molar-refractivity contribution in [3.63, 3.8) is 0 Å². The summed E-state index contributed by atoms with van der Waals surface area (Å²) in [5.41, 5.74) is 16.4. The topological polar surface area (TPSA) is 132 Å². The van der Waals surface area contributed by atoms with Gasteiger partial charge in [-0.25, -0.2) is 4.98 Å². The molecule has 1 saturated carbocycles. The fourth-order valence-electron chi connectivity index (χ4n) is 4.51. The van der Waals surface area contributed by atoms with E-state index < -0.39 is 11.5 Å². The number of carboxylic acids is 1. The van der Waals surface area contributed by atoms with E-state index in [-0.39, 0.29) is 5.92 Å². The molecule has 1 aliphatic rings. The fraction of sp³-hybridized carbons (Fsp3) is 0.250. The number of hydrogen-bond acceptors (Lipinski definition) is 6. The maximum Gasteiger partial charge on any atom is 0.323 e. The van der Waals surface area contributed by atoms with Gasteiger partial charge in [-0.05, 0) is 37.2 Å². The van der Waals surface area contributed by atoms with Crippen LogP contribution in [0, 0.1) is 0 Å². The Bertz CT molecular complexity index is 1330. The molecule has 0 aliphatic heterocycles. The van der Waals surface area contributed by atoms with Gasteiger partial charge >= 0.3 is 5.97 Å². The first-order chi connectivity index (χ1) is 15.9. The lowest BCUT2D eigenvalue weighted by atomic mass is 9.73. The highest BCUT2D eigenvalue weighted by Crippen LogP contribution is 2.37. The second-order valence-electron chi connectivity index (χ2n) is 8.62. The number of pyridine rings is 1. The van der Waals surface area contributed by atoms with Gasteiger partial charge in [0.25, 0.3) is 0 Å². The van der Waals surface area contributed by atoms with Gasteiger partial charge in [-0.3, -0.25) is 9.78 Å². The zero-order chi connectivity index (χ0) is 23.2. The molecule has 164 valence electrons. The quantitative estimate of drug-likeness (QED) is 0.417. The molecule has 5 N–H and O–H groups in total. The lowest BCUT2D eigenvalue weighted by molar-refractivity contribution is -0.144. The summed E-state index contributed by atoms with van der Waals surface area (Å²) in [5.74, 6) is -0.672. The number of fused-ring (bicyclic) bond motifs is 1. The van der Waals surface area contributed by atoms with E-state index in [1.807, 2.05) is 42.5 Å². The first-order valence-corrected chi connectivity index (χ1v) is 10.8. The molecule has 33 heavy (non-hydrogen) atoms. The predicted molar refractivity (Wildman–Crippen MR) is 127 cm³/mol. The van der Waals surface area contributed by atoms with Crippen molar-refractivity contribution < 1.29 is 9.90 Å². The number of anilines is 1. The lowest BCUT2D eigenvalue weighted by Crippen LogP contribution is -2.50. The Balaban J connectivity index is 1.51. The average Bonchev–Trinajstić information content (AvgIpc) is 3.27. The fourth-order valence-corrected chi connectivity index (χ4v) is 4.51. The monoisotopic (exact) mass is 438 g/mol. The molecule has 8 nitrogen and oxygen atoms in total. The van der Waals surface area contributed by atoms with E-state index >= 15 is 0 Å². The number of nitrogen functional groups attached to an aromatic ring is 1. The van der Waals surface area contributed by atoms with Crippen LogP contribution in [0.4, 0.5) is 5.82 Å². The molecule has 1 fully saturated rings. The lowest BCUT2D eigenvalue weighted by Gasteiger charge is -2.34. The summed E-state index contributed by atoms with van der Waals surface area (Å²) in [7, 11) is 6.33. The Morgan fingerprint density at radius 2 is 1.82 bits per heavy atom. The van der Waals surface area contributed by atoms with Gasteiger partial charge in [-0.1, -0.05) is 36.4 Å². The van der Waals surface area contributed by atoms with E-state index in [1.165, 1.54) is 4.52 Å². The Labute approximate surface area is 192 Å². The van der Waals surface area contributed by atoms with Gasteiger partial charge in [0.05, 0.1) is 11.9 Å². The molecule has 1 aliphatic carbocycles. The molecule has 2 radical (unpaired) electrons. The minimum absolute atomic E-state index is 0.0188. The Kier molecular flexibility index (Phi) is 5.13. The molecule has 0 unspecified atom stereocenters. The molecule has 3 heterocycles. The molecule has 0 spiro atoms. The second kappa shape index (κ2) is 8.01. The van der Waals surface area contributed by atoms with E-state index in [0.717, 1.165) is 22.4 Å². The molecule has 3 aromatic heterocycles. The van der Waals surface area contributed by atoms with Crippen LogP contribution in [0.3, 0.4) is 0 Å². The highest BCUT2D eigenvalue weighted by Gasteiger charge is 2.39. The maximum atomic E-state index is 11.5. The first kappa shape index (κ1) is 21.1. The molecule has 1 aromatic carbocycles. The molecule has 5 rings (SSSR count). The predicted octanol–water partition coefficient (Wildman–Crippen LogP) is 2.27. The Morgan fingerprint density at radius 3 is 2.45 bits per heavy atom. The number of hydrogen-bond donors (Lipinski definition) is 3. The Morgan fingerprint density at radius 1 is 1.09 bits per heavy atom. The van der Waals surface area contributed by atoms with Gasteiger partial charge < -0.3 is 16.6 Å². The van der Waals surface area contributed by atoms with Crippen LogP contribution in [-0.2, 0) is 4.79 Å². The third kappa shape index (κ3) is 3.64.